The van der Waals surface area contributed by atoms with Crippen molar-refractivity contribution in [1.29, 1.82) is 0 Å². The summed E-state index contributed by atoms with van der Waals surface area (Å²) in [6.07, 6.45) is 2.34. The van der Waals surface area contributed by atoms with E-state index in [0.717, 1.165) is 69.3 Å². The van der Waals surface area contributed by atoms with Crippen LogP contribution in [0.25, 0.3) is 44.1 Å². The average Bonchev–Trinajstić information content (AvgIpc) is 3.38. The van der Waals surface area contributed by atoms with E-state index in [2.05, 4.69) is 20.9 Å². The first-order valence-electron chi connectivity index (χ1n) is 13.9. The molecule has 0 fully saturated rings. The molecule has 41 heavy (non-hydrogen) atoms. The van der Waals surface area contributed by atoms with Gasteiger partial charge < -0.3 is 20.4 Å². The van der Waals surface area contributed by atoms with Gasteiger partial charge in [0.2, 0.25) is 0 Å². The van der Waals surface area contributed by atoms with E-state index in [-0.39, 0.29) is 5.91 Å². The van der Waals surface area contributed by atoms with Crippen molar-refractivity contribution in [3.63, 3.8) is 0 Å². The lowest BCUT2D eigenvalue weighted by molar-refractivity contribution is 0.0954. The Kier molecular flexibility index (Phi) is 7.56. The summed E-state index contributed by atoms with van der Waals surface area (Å²) in [6, 6.07) is 27.6. The Labute approximate surface area is 238 Å². The van der Waals surface area contributed by atoms with Gasteiger partial charge in [-0.25, -0.2) is 15.0 Å². The Morgan fingerprint density at radius 1 is 0.878 bits per heavy atom. The second-order valence-corrected chi connectivity index (χ2v) is 10.0. The number of benzene rings is 3. The van der Waals surface area contributed by atoms with E-state index < -0.39 is 0 Å². The summed E-state index contributed by atoms with van der Waals surface area (Å²) in [5.74, 6) is 1.26. The molecule has 206 valence electrons. The lowest BCUT2D eigenvalue weighted by Crippen LogP contribution is -2.25. The quantitative estimate of drug-likeness (QED) is 0.212. The molecule has 6 aromatic rings. The van der Waals surface area contributed by atoms with Gasteiger partial charge in [0.25, 0.3) is 5.91 Å². The number of nitrogens with zero attached hydrogens (tertiary/aromatic N) is 4. The number of pyridine rings is 2. The Balaban J connectivity index is 1.19. The van der Waals surface area contributed by atoms with Crippen LogP contribution >= 0.6 is 0 Å². The number of amides is 1. The molecule has 3 aromatic heterocycles. The number of unbranched alkanes of at least 4 members (excludes halogenated alkanes) is 1. The van der Waals surface area contributed by atoms with E-state index in [4.69, 9.17) is 20.4 Å². The molecule has 0 aliphatic rings. The first kappa shape index (κ1) is 26.4. The van der Waals surface area contributed by atoms with Gasteiger partial charge in [-0.1, -0.05) is 66.7 Å². The van der Waals surface area contributed by atoms with Crippen molar-refractivity contribution in [2.24, 2.45) is 0 Å². The molecule has 1 amide bonds. The van der Waals surface area contributed by atoms with Crippen LogP contribution < -0.4 is 11.1 Å². The van der Waals surface area contributed by atoms with E-state index in [1.54, 1.807) is 7.11 Å². The minimum absolute atomic E-state index is 0.0977. The van der Waals surface area contributed by atoms with Crippen molar-refractivity contribution in [2.75, 3.05) is 26.0 Å². The molecule has 0 atom stereocenters. The Morgan fingerprint density at radius 3 is 2.37 bits per heavy atom. The Bertz CT molecular complexity index is 1850. The number of carbonyl (C=O) groups is 1. The molecule has 0 unspecified atom stereocenters. The van der Waals surface area contributed by atoms with Gasteiger partial charge in [0, 0.05) is 43.0 Å². The molecule has 0 bridgehead atoms. The minimum Gasteiger partial charge on any atom is -0.384 e. The maximum atomic E-state index is 13.4. The predicted octanol–water partition coefficient (Wildman–Crippen LogP) is 5.78. The van der Waals surface area contributed by atoms with E-state index in [0.29, 0.717) is 31.0 Å². The summed E-state index contributed by atoms with van der Waals surface area (Å²) >= 11 is 0. The smallest absolute Gasteiger partial charge is 0.252 e. The third kappa shape index (κ3) is 5.34. The van der Waals surface area contributed by atoms with Crippen LogP contribution in [-0.2, 0) is 17.7 Å². The summed E-state index contributed by atoms with van der Waals surface area (Å²) in [6.45, 7) is 1.87. The normalized spacial score (nSPS) is 11.4. The molecule has 3 aromatic carbocycles. The number of hydrogen-bond acceptors (Lipinski definition) is 6. The number of fused-ring (bicyclic) bond motifs is 4. The molecular formula is C33H32N6O2. The van der Waals surface area contributed by atoms with Gasteiger partial charge in [0.15, 0.2) is 5.82 Å². The minimum atomic E-state index is -0.0977. The highest BCUT2D eigenvalue weighted by molar-refractivity contribution is 6.07. The number of nitrogen functional groups attached to an aromatic ring is 1. The third-order valence-electron chi connectivity index (χ3n) is 7.34. The fourth-order valence-electron chi connectivity index (χ4n) is 5.34. The molecule has 8 nitrogen and oxygen atoms in total. The highest BCUT2D eigenvalue weighted by Crippen LogP contribution is 2.29. The number of aromatic nitrogens is 4. The van der Waals surface area contributed by atoms with Crippen molar-refractivity contribution in [2.45, 2.75) is 25.8 Å². The highest BCUT2D eigenvalue weighted by atomic mass is 16.5. The second-order valence-electron chi connectivity index (χ2n) is 10.0. The van der Waals surface area contributed by atoms with Crippen molar-refractivity contribution in [1.82, 2.24) is 24.8 Å². The van der Waals surface area contributed by atoms with Crippen LogP contribution in [0.1, 0.15) is 29.0 Å². The number of nitrogens with two attached hydrogens (primary N) is 1. The van der Waals surface area contributed by atoms with E-state index >= 15 is 0 Å². The van der Waals surface area contributed by atoms with Gasteiger partial charge in [-0.15, -0.1) is 0 Å². The number of anilines is 1. The molecule has 3 N–H and O–H groups in total. The molecule has 0 saturated carbocycles. The number of imidazole rings is 1. The summed E-state index contributed by atoms with van der Waals surface area (Å²) in [5.41, 5.74) is 12.1. The Hall–Kier alpha value is -4.82. The first-order valence-corrected chi connectivity index (χ1v) is 13.9. The number of ether oxygens (including phenoxy) is 1. The number of carbonyl (C=O) groups excluding carboxylic acids is 1. The summed E-state index contributed by atoms with van der Waals surface area (Å²) in [4.78, 5) is 27.6. The van der Waals surface area contributed by atoms with Crippen molar-refractivity contribution in [3.05, 3.63) is 96.3 Å². The van der Waals surface area contributed by atoms with Crippen LogP contribution in [0.3, 0.4) is 0 Å². The van der Waals surface area contributed by atoms with Crippen LogP contribution in [0.5, 0.6) is 0 Å². The average molecular weight is 545 g/mol. The molecule has 0 radical (unpaired) electrons. The Morgan fingerprint density at radius 2 is 1.59 bits per heavy atom. The van der Waals surface area contributed by atoms with Crippen LogP contribution in [0.2, 0.25) is 0 Å². The number of hydrogen-bond donors (Lipinski definition) is 2. The lowest BCUT2D eigenvalue weighted by atomic mass is 10.0. The number of rotatable bonds is 10. The number of nitrogens with one attached hydrogen (secondary N) is 1. The lowest BCUT2D eigenvalue weighted by Gasteiger charge is -2.12. The van der Waals surface area contributed by atoms with Crippen molar-refractivity contribution < 1.29 is 9.53 Å². The summed E-state index contributed by atoms with van der Waals surface area (Å²) < 4.78 is 7.58. The predicted molar refractivity (Wildman–Crippen MR) is 164 cm³/mol. The van der Waals surface area contributed by atoms with E-state index in [1.807, 2.05) is 78.9 Å². The fourth-order valence-corrected chi connectivity index (χ4v) is 5.34. The van der Waals surface area contributed by atoms with Gasteiger partial charge in [0.1, 0.15) is 11.3 Å². The molecule has 0 saturated heterocycles. The number of aryl methyl sites for hydroxylation is 1. The first-order chi connectivity index (χ1) is 20.1. The molecule has 6 rings (SSSR count). The molecule has 0 aliphatic heterocycles. The monoisotopic (exact) mass is 544 g/mol. The third-order valence-corrected chi connectivity index (χ3v) is 7.34. The number of methoxy groups -OCH3 is 1. The zero-order valence-corrected chi connectivity index (χ0v) is 23.0. The van der Waals surface area contributed by atoms with E-state index in [9.17, 15) is 4.79 Å². The number of para-hydroxylation sites is 2. The molecule has 0 spiro atoms. The van der Waals surface area contributed by atoms with Crippen LogP contribution in [-0.4, -0.2) is 45.7 Å². The largest absolute Gasteiger partial charge is 0.384 e. The van der Waals surface area contributed by atoms with Gasteiger partial charge in [-0.2, -0.15) is 0 Å². The highest BCUT2D eigenvalue weighted by Gasteiger charge is 2.17. The molecule has 3 heterocycles. The topological polar surface area (TPSA) is 108 Å². The second kappa shape index (κ2) is 11.7. The van der Waals surface area contributed by atoms with Gasteiger partial charge >= 0.3 is 0 Å². The molecule has 8 heteroatoms. The van der Waals surface area contributed by atoms with Gasteiger partial charge in [-0.05, 0) is 31.0 Å². The summed E-state index contributed by atoms with van der Waals surface area (Å²) in [5, 5.41) is 5.00. The fraction of sp³-hybridized carbons (Fsp3) is 0.212. The zero-order chi connectivity index (χ0) is 28.2. The maximum Gasteiger partial charge on any atom is 0.252 e. The van der Waals surface area contributed by atoms with Crippen LogP contribution in [0, 0.1) is 0 Å². The van der Waals surface area contributed by atoms with Crippen LogP contribution in [0.4, 0.5) is 5.82 Å². The SMILES string of the molecule is COCCc1nc2c(N)nc3ccccc3c2n1CCCCNC(=O)c1cc(-c2ccccc2)nc2ccccc12. The van der Waals surface area contributed by atoms with Crippen molar-refractivity contribution in [3.8, 4) is 11.3 Å². The molecule has 0 aliphatic carbocycles. The van der Waals surface area contributed by atoms with E-state index in [1.165, 1.54) is 0 Å². The molecular weight excluding hydrogens is 512 g/mol. The standard InChI is InChI=1S/C33H32N6O2/c1-41-20-17-29-38-30-31(24-14-6-8-16-27(24)37-32(30)34)39(29)19-10-9-18-35-33(40)25-21-28(22-11-3-2-4-12-22)36-26-15-7-5-13-23(25)26/h2-8,11-16,21H,9-10,17-20H2,1H3,(H2,34,37)(H,35,40). The van der Waals surface area contributed by atoms with Gasteiger partial charge in [-0.3, -0.25) is 4.79 Å². The summed E-state index contributed by atoms with van der Waals surface area (Å²) in [7, 11) is 1.69. The maximum absolute atomic E-state index is 13.4. The zero-order valence-electron chi connectivity index (χ0n) is 23.0. The van der Waals surface area contributed by atoms with Crippen LogP contribution in [0.15, 0.2) is 84.9 Å². The van der Waals surface area contributed by atoms with Gasteiger partial charge in [0.05, 0.1) is 34.4 Å². The van der Waals surface area contributed by atoms with Crippen molar-refractivity contribution >= 4 is 44.6 Å².